The molecule has 3 heteroatoms. The molecular weight excluding hydrogens is 154 g/mol. The number of nitrogens with one attached hydrogen (secondary N) is 1. The molecular formula is C9H19NO2. The maximum absolute atomic E-state index is 10.9. The van der Waals surface area contributed by atoms with Crippen molar-refractivity contribution in [3.63, 3.8) is 0 Å². The van der Waals surface area contributed by atoms with Gasteiger partial charge in [0, 0.05) is 19.6 Å². The zero-order valence-corrected chi connectivity index (χ0v) is 7.81. The molecule has 0 aliphatic heterocycles. The first-order chi connectivity index (χ1) is 5.81. The molecule has 0 aromatic rings. The molecule has 0 aliphatic carbocycles. The topological polar surface area (TPSA) is 49.3 Å². The van der Waals surface area contributed by atoms with Crippen molar-refractivity contribution < 1.29 is 9.90 Å². The maximum atomic E-state index is 10.9. The van der Waals surface area contributed by atoms with Crippen LogP contribution in [0.15, 0.2) is 0 Å². The number of unbranched alkanes of at least 4 members (excludes halogenated alkanes) is 2. The summed E-state index contributed by atoms with van der Waals surface area (Å²) >= 11 is 0. The smallest absolute Gasteiger partial charge is 0.220 e. The molecule has 0 fully saturated rings. The van der Waals surface area contributed by atoms with E-state index < -0.39 is 0 Å². The SMILES string of the molecule is CCCCCNC(=O)CCCO. The second-order valence-corrected chi connectivity index (χ2v) is 2.88. The Bertz CT molecular complexity index is 115. The van der Waals surface area contributed by atoms with Crippen LogP contribution in [0, 0.1) is 0 Å². The Morgan fingerprint density at radius 3 is 2.67 bits per heavy atom. The van der Waals surface area contributed by atoms with Gasteiger partial charge >= 0.3 is 0 Å². The lowest BCUT2D eigenvalue weighted by Crippen LogP contribution is -2.24. The highest BCUT2D eigenvalue weighted by Crippen LogP contribution is 1.92. The number of aliphatic hydroxyl groups excluding tert-OH is 1. The minimum atomic E-state index is 0.0557. The zero-order valence-electron chi connectivity index (χ0n) is 7.81. The second-order valence-electron chi connectivity index (χ2n) is 2.88. The van der Waals surface area contributed by atoms with Crippen LogP contribution in [0.5, 0.6) is 0 Å². The van der Waals surface area contributed by atoms with Gasteiger partial charge in [0.05, 0.1) is 0 Å². The van der Waals surface area contributed by atoms with Crippen molar-refractivity contribution in [1.82, 2.24) is 5.32 Å². The van der Waals surface area contributed by atoms with Gasteiger partial charge < -0.3 is 10.4 Å². The van der Waals surface area contributed by atoms with E-state index in [4.69, 9.17) is 5.11 Å². The van der Waals surface area contributed by atoms with E-state index in [9.17, 15) is 4.79 Å². The van der Waals surface area contributed by atoms with Gasteiger partial charge in [0.1, 0.15) is 0 Å². The Hall–Kier alpha value is -0.570. The number of amides is 1. The summed E-state index contributed by atoms with van der Waals surface area (Å²) in [5, 5.41) is 11.2. The summed E-state index contributed by atoms with van der Waals surface area (Å²) in [7, 11) is 0. The lowest BCUT2D eigenvalue weighted by molar-refractivity contribution is -0.121. The Balaban J connectivity index is 3.08. The van der Waals surface area contributed by atoms with Crippen molar-refractivity contribution in [2.24, 2.45) is 0 Å². The lowest BCUT2D eigenvalue weighted by Gasteiger charge is -2.02. The Morgan fingerprint density at radius 2 is 2.08 bits per heavy atom. The Morgan fingerprint density at radius 1 is 1.33 bits per heavy atom. The first kappa shape index (κ1) is 11.4. The number of aliphatic hydroxyl groups is 1. The normalized spacial score (nSPS) is 9.83. The summed E-state index contributed by atoms with van der Waals surface area (Å²) in [5.41, 5.74) is 0. The third-order valence-electron chi connectivity index (χ3n) is 1.66. The van der Waals surface area contributed by atoms with Gasteiger partial charge in [0.15, 0.2) is 0 Å². The fraction of sp³-hybridized carbons (Fsp3) is 0.889. The summed E-state index contributed by atoms with van der Waals surface area (Å²) < 4.78 is 0. The molecule has 3 nitrogen and oxygen atoms in total. The van der Waals surface area contributed by atoms with Gasteiger partial charge in [-0.2, -0.15) is 0 Å². The average molecular weight is 173 g/mol. The highest BCUT2D eigenvalue weighted by Gasteiger charge is 1.97. The number of hydrogen-bond acceptors (Lipinski definition) is 2. The van der Waals surface area contributed by atoms with Crippen LogP contribution in [-0.2, 0) is 4.79 Å². The quantitative estimate of drug-likeness (QED) is 0.566. The fourth-order valence-electron chi connectivity index (χ4n) is 0.931. The first-order valence-electron chi connectivity index (χ1n) is 4.68. The van der Waals surface area contributed by atoms with E-state index in [-0.39, 0.29) is 12.5 Å². The molecule has 0 aromatic carbocycles. The predicted molar refractivity (Wildman–Crippen MR) is 48.9 cm³/mol. The van der Waals surface area contributed by atoms with E-state index in [0.29, 0.717) is 12.8 Å². The summed E-state index contributed by atoms with van der Waals surface area (Å²) in [6.07, 6.45) is 4.41. The largest absolute Gasteiger partial charge is 0.396 e. The Labute approximate surface area is 74.2 Å². The standard InChI is InChI=1S/C9H19NO2/c1-2-3-4-7-10-9(12)6-5-8-11/h11H,2-8H2,1H3,(H,10,12). The van der Waals surface area contributed by atoms with Gasteiger partial charge in [-0.15, -0.1) is 0 Å². The highest BCUT2D eigenvalue weighted by atomic mass is 16.3. The number of hydrogen-bond donors (Lipinski definition) is 2. The highest BCUT2D eigenvalue weighted by molar-refractivity contribution is 5.75. The summed E-state index contributed by atoms with van der Waals surface area (Å²) in [4.78, 5) is 10.9. The Kier molecular flexibility index (Phi) is 8.12. The van der Waals surface area contributed by atoms with E-state index >= 15 is 0 Å². The van der Waals surface area contributed by atoms with Crippen LogP contribution >= 0.6 is 0 Å². The van der Waals surface area contributed by atoms with Crippen LogP contribution < -0.4 is 5.32 Å². The first-order valence-corrected chi connectivity index (χ1v) is 4.68. The van der Waals surface area contributed by atoms with E-state index in [2.05, 4.69) is 12.2 Å². The van der Waals surface area contributed by atoms with Crippen molar-refractivity contribution in [3.05, 3.63) is 0 Å². The minimum absolute atomic E-state index is 0.0557. The summed E-state index contributed by atoms with van der Waals surface area (Å²) in [5.74, 6) is 0.0557. The summed E-state index contributed by atoms with van der Waals surface area (Å²) in [6, 6.07) is 0. The lowest BCUT2D eigenvalue weighted by atomic mass is 10.2. The molecule has 0 saturated carbocycles. The molecule has 2 N–H and O–H groups in total. The fourth-order valence-corrected chi connectivity index (χ4v) is 0.931. The summed E-state index contributed by atoms with van der Waals surface area (Å²) in [6.45, 7) is 3.01. The number of carbonyl (C=O) groups excluding carboxylic acids is 1. The van der Waals surface area contributed by atoms with Crippen molar-refractivity contribution >= 4 is 5.91 Å². The molecule has 72 valence electrons. The van der Waals surface area contributed by atoms with E-state index in [1.54, 1.807) is 0 Å². The van der Waals surface area contributed by atoms with E-state index in [1.807, 2.05) is 0 Å². The molecule has 0 aromatic heterocycles. The molecule has 0 heterocycles. The van der Waals surface area contributed by atoms with Crippen LogP contribution in [-0.4, -0.2) is 24.2 Å². The molecule has 1 amide bonds. The van der Waals surface area contributed by atoms with Gasteiger partial charge in [-0.05, 0) is 12.8 Å². The minimum Gasteiger partial charge on any atom is -0.396 e. The molecule has 12 heavy (non-hydrogen) atoms. The molecule has 0 atom stereocenters. The van der Waals surface area contributed by atoms with Crippen LogP contribution in [0.1, 0.15) is 39.0 Å². The molecule has 0 spiro atoms. The molecule has 0 saturated heterocycles. The van der Waals surface area contributed by atoms with Crippen LogP contribution in [0.3, 0.4) is 0 Å². The number of carbonyl (C=O) groups is 1. The third-order valence-corrected chi connectivity index (χ3v) is 1.66. The van der Waals surface area contributed by atoms with Gasteiger partial charge in [-0.3, -0.25) is 4.79 Å². The maximum Gasteiger partial charge on any atom is 0.220 e. The van der Waals surface area contributed by atoms with Crippen LogP contribution in [0.4, 0.5) is 0 Å². The molecule has 0 bridgehead atoms. The molecule has 0 aliphatic rings. The van der Waals surface area contributed by atoms with Crippen molar-refractivity contribution in [2.75, 3.05) is 13.2 Å². The van der Waals surface area contributed by atoms with Gasteiger partial charge in [-0.25, -0.2) is 0 Å². The monoisotopic (exact) mass is 173 g/mol. The molecule has 0 rings (SSSR count). The van der Waals surface area contributed by atoms with Crippen molar-refractivity contribution in [3.8, 4) is 0 Å². The van der Waals surface area contributed by atoms with Crippen LogP contribution in [0.25, 0.3) is 0 Å². The van der Waals surface area contributed by atoms with Gasteiger partial charge in [0.2, 0.25) is 5.91 Å². The molecule has 0 radical (unpaired) electrons. The van der Waals surface area contributed by atoms with Gasteiger partial charge in [0.25, 0.3) is 0 Å². The third kappa shape index (κ3) is 7.54. The van der Waals surface area contributed by atoms with Gasteiger partial charge in [-0.1, -0.05) is 19.8 Å². The molecule has 0 unspecified atom stereocenters. The second kappa shape index (κ2) is 8.53. The van der Waals surface area contributed by atoms with Crippen molar-refractivity contribution in [1.29, 1.82) is 0 Å². The van der Waals surface area contributed by atoms with Crippen LogP contribution in [0.2, 0.25) is 0 Å². The van der Waals surface area contributed by atoms with E-state index in [0.717, 1.165) is 13.0 Å². The zero-order chi connectivity index (χ0) is 9.23. The number of rotatable bonds is 7. The average Bonchev–Trinajstić information content (AvgIpc) is 2.09. The van der Waals surface area contributed by atoms with E-state index in [1.165, 1.54) is 12.8 Å². The van der Waals surface area contributed by atoms with Crippen molar-refractivity contribution in [2.45, 2.75) is 39.0 Å². The predicted octanol–water partition coefficient (Wildman–Crippen LogP) is 1.07.